The first-order valence-corrected chi connectivity index (χ1v) is 9.00. The van der Waals surface area contributed by atoms with Gasteiger partial charge in [-0.25, -0.2) is 0 Å². The summed E-state index contributed by atoms with van der Waals surface area (Å²) in [5.41, 5.74) is 2.20. The Kier molecular flexibility index (Phi) is 6.42. The van der Waals surface area contributed by atoms with E-state index < -0.39 is 10.8 Å². The normalized spacial score (nSPS) is 10.3. The van der Waals surface area contributed by atoms with Crippen LogP contribution in [-0.2, 0) is 17.8 Å². The van der Waals surface area contributed by atoms with Crippen molar-refractivity contribution in [1.82, 2.24) is 5.32 Å². The summed E-state index contributed by atoms with van der Waals surface area (Å²) in [6.07, 6.45) is 0.681. The zero-order valence-corrected chi connectivity index (χ0v) is 15.6. The van der Waals surface area contributed by atoms with Crippen LogP contribution in [-0.4, -0.2) is 22.5 Å². The topological polar surface area (TPSA) is 102 Å². The largest absolute Gasteiger partial charge is 0.508 e. The van der Waals surface area contributed by atoms with Crippen molar-refractivity contribution in [3.63, 3.8) is 0 Å². The van der Waals surface area contributed by atoms with Gasteiger partial charge in [0.15, 0.2) is 6.61 Å². The molecule has 0 aliphatic heterocycles. The molecule has 7 nitrogen and oxygen atoms in total. The molecule has 0 saturated heterocycles. The molecule has 3 aromatic carbocycles. The highest BCUT2D eigenvalue weighted by Gasteiger charge is 2.12. The second kappa shape index (κ2) is 9.36. The maximum absolute atomic E-state index is 12.1. The van der Waals surface area contributed by atoms with Crippen molar-refractivity contribution in [3.05, 3.63) is 99.6 Å². The molecule has 0 bridgehead atoms. The standard InChI is InChI=1S/C22H20N2O5/c25-20-11-10-19(24(27)28)13-18(20)14-23-22(26)15-29-21-9-5-4-8-17(21)12-16-6-2-1-3-7-16/h1-11,13,25H,12,14-15H2,(H,23,26). The first kappa shape index (κ1) is 19.9. The number of nitro groups is 1. The molecule has 0 unspecified atom stereocenters. The minimum atomic E-state index is -0.558. The number of carbonyl (C=O) groups excluding carboxylic acids is 1. The SMILES string of the molecule is O=C(COc1ccccc1Cc1ccccc1)NCc1cc([N+](=O)[O-])ccc1O. The molecule has 0 aromatic heterocycles. The zero-order chi connectivity index (χ0) is 20.6. The van der Waals surface area contributed by atoms with E-state index in [1.807, 2.05) is 48.5 Å². The number of hydrogen-bond donors (Lipinski definition) is 2. The van der Waals surface area contributed by atoms with E-state index in [-0.39, 0.29) is 30.2 Å². The Labute approximate surface area is 167 Å². The Balaban J connectivity index is 1.58. The summed E-state index contributed by atoms with van der Waals surface area (Å²) in [6, 6.07) is 21.1. The van der Waals surface area contributed by atoms with E-state index in [1.165, 1.54) is 18.2 Å². The van der Waals surface area contributed by atoms with Crippen LogP contribution in [0.25, 0.3) is 0 Å². The number of non-ortho nitro benzene ring substituents is 1. The van der Waals surface area contributed by atoms with Gasteiger partial charge in [-0.05, 0) is 23.3 Å². The highest BCUT2D eigenvalue weighted by atomic mass is 16.6. The van der Waals surface area contributed by atoms with Gasteiger partial charge in [0.1, 0.15) is 11.5 Å². The Morgan fingerprint density at radius 1 is 1.00 bits per heavy atom. The molecule has 0 aliphatic rings. The summed E-state index contributed by atoms with van der Waals surface area (Å²) in [4.78, 5) is 22.4. The number of phenolic OH excluding ortho intramolecular Hbond substituents is 1. The molecule has 1 amide bonds. The molecule has 3 rings (SSSR count). The quantitative estimate of drug-likeness (QED) is 0.451. The Hall–Kier alpha value is -3.87. The van der Waals surface area contributed by atoms with E-state index in [2.05, 4.69) is 5.32 Å². The summed E-state index contributed by atoms with van der Waals surface area (Å²) < 4.78 is 5.67. The van der Waals surface area contributed by atoms with Gasteiger partial charge in [0.25, 0.3) is 11.6 Å². The molecule has 0 fully saturated rings. The molecule has 29 heavy (non-hydrogen) atoms. The Bertz CT molecular complexity index is 1010. The number of para-hydroxylation sites is 1. The van der Waals surface area contributed by atoms with Crippen LogP contribution >= 0.6 is 0 Å². The van der Waals surface area contributed by atoms with E-state index >= 15 is 0 Å². The lowest BCUT2D eigenvalue weighted by Gasteiger charge is -2.12. The van der Waals surface area contributed by atoms with Gasteiger partial charge in [0, 0.05) is 30.7 Å². The summed E-state index contributed by atoms with van der Waals surface area (Å²) >= 11 is 0. The van der Waals surface area contributed by atoms with Crippen LogP contribution in [0.3, 0.4) is 0 Å². The van der Waals surface area contributed by atoms with Crippen LogP contribution < -0.4 is 10.1 Å². The predicted octanol–water partition coefficient (Wildman–Crippen LogP) is 3.59. The van der Waals surface area contributed by atoms with Crippen LogP contribution in [0.4, 0.5) is 5.69 Å². The van der Waals surface area contributed by atoms with Crippen molar-refractivity contribution < 1.29 is 19.6 Å². The second-order valence-electron chi connectivity index (χ2n) is 6.41. The molecule has 0 radical (unpaired) electrons. The van der Waals surface area contributed by atoms with E-state index in [4.69, 9.17) is 4.74 Å². The summed E-state index contributed by atoms with van der Waals surface area (Å²) in [5.74, 6) is 0.0974. The number of benzene rings is 3. The molecule has 2 N–H and O–H groups in total. The van der Waals surface area contributed by atoms with Gasteiger partial charge in [0.05, 0.1) is 4.92 Å². The van der Waals surface area contributed by atoms with Crippen molar-refractivity contribution >= 4 is 11.6 Å². The van der Waals surface area contributed by atoms with Crippen LogP contribution in [0.2, 0.25) is 0 Å². The lowest BCUT2D eigenvalue weighted by atomic mass is 10.0. The second-order valence-corrected chi connectivity index (χ2v) is 6.41. The van der Waals surface area contributed by atoms with Crippen molar-refractivity contribution in [2.45, 2.75) is 13.0 Å². The third kappa shape index (κ3) is 5.55. The average molecular weight is 392 g/mol. The number of carbonyl (C=O) groups is 1. The number of nitro benzene ring substituents is 1. The Morgan fingerprint density at radius 2 is 1.72 bits per heavy atom. The van der Waals surface area contributed by atoms with Crippen LogP contribution in [0.5, 0.6) is 11.5 Å². The number of hydrogen-bond acceptors (Lipinski definition) is 5. The molecule has 0 aliphatic carbocycles. The van der Waals surface area contributed by atoms with Crippen molar-refractivity contribution in [2.24, 2.45) is 0 Å². The van der Waals surface area contributed by atoms with Gasteiger partial charge in [-0.2, -0.15) is 0 Å². The van der Waals surface area contributed by atoms with Crippen LogP contribution in [0, 0.1) is 10.1 Å². The van der Waals surface area contributed by atoms with Gasteiger partial charge in [-0.15, -0.1) is 0 Å². The number of nitrogens with one attached hydrogen (secondary N) is 1. The van der Waals surface area contributed by atoms with E-state index in [0.29, 0.717) is 12.2 Å². The molecular formula is C22H20N2O5. The lowest BCUT2D eigenvalue weighted by molar-refractivity contribution is -0.384. The number of aromatic hydroxyl groups is 1. The lowest BCUT2D eigenvalue weighted by Crippen LogP contribution is -2.28. The monoisotopic (exact) mass is 392 g/mol. The van der Waals surface area contributed by atoms with Gasteiger partial charge in [0.2, 0.25) is 0 Å². The minimum absolute atomic E-state index is 0.0403. The number of ether oxygens (including phenoxy) is 1. The first-order valence-electron chi connectivity index (χ1n) is 9.00. The minimum Gasteiger partial charge on any atom is -0.508 e. The van der Waals surface area contributed by atoms with Crippen LogP contribution in [0.15, 0.2) is 72.8 Å². The van der Waals surface area contributed by atoms with Gasteiger partial charge >= 0.3 is 0 Å². The molecule has 0 heterocycles. The maximum atomic E-state index is 12.1. The van der Waals surface area contributed by atoms with Crippen molar-refractivity contribution in [1.29, 1.82) is 0 Å². The molecule has 7 heteroatoms. The third-order valence-electron chi connectivity index (χ3n) is 4.32. The summed E-state index contributed by atoms with van der Waals surface area (Å²) in [7, 11) is 0. The van der Waals surface area contributed by atoms with Crippen molar-refractivity contribution in [3.8, 4) is 11.5 Å². The zero-order valence-electron chi connectivity index (χ0n) is 15.6. The summed E-state index contributed by atoms with van der Waals surface area (Å²) in [6.45, 7) is -0.247. The number of phenols is 1. The van der Waals surface area contributed by atoms with Crippen LogP contribution in [0.1, 0.15) is 16.7 Å². The molecule has 148 valence electrons. The highest BCUT2D eigenvalue weighted by Crippen LogP contribution is 2.23. The Morgan fingerprint density at radius 3 is 2.48 bits per heavy atom. The predicted molar refractivity (Wildman–Crippen MR) is 108 cm³/mol. The number of rotatable bonds is 8. The molecule has 3 aromatic rings. The van der Waals surface area contributed by atoms with Gasteiger partial charge < -0.3 is 15.2 Å². The fourth-order valence-electron chi connectivity index (χ4n) is 2.82. The van der Waals surface area contributed by atoms with E-state index in [1.54, 1.807) is 6.07 Å². The summed E-state index contributed by atoms with van der Waals surface area (Å²) in [5, 5.41) is 23.2. The average Bonchev–Trinajstić information content (AvgIpc) is 2.73. The molecule has 0 saturated carbocycles. The fraction of sp³-hybridized carbons (Fsp3) is 0.136. The van der Waals surface area contributed by atoms with Gasteiger partial charge in [-0.3, -0.25) is 14.9 Å². The van der Waals surface area contributed by atoms with Gasteiger partial charge in [-0.1, -0.05) is 48.5 Å². The first-order chi connectivity index (χ1) is 14.0. The van der Waals surface area contributed by atoms with E-state index in [9.17, 15) is 20.0 Å². The fourth-order valence-corrected chi connectivity index (χ4v) is 2.82. The molecule has 0 spiro atoms. The number of nitrogens with zero attached hydrogens (tertiary/aromatic N) is 1. The molecular weight excluding hydrogens is 372 g/mol. The van der Waals surface area contributed by atoms with E-state index in [0.717, 1.165) is 11.1 Å². The number of amides is 1. The van der Waals surface area contributed by atoms with Crippen molar-refractivity contribution in [2.75, 3.05) is 6.61 Å². The highest BCUT2D eigenvalue weighted by molar-refractivity contribution is 5.77. The molecule has 0 atom stereocenters. The maximum Gasteiger partial charge on any atom is 0.270 e. The third-order valence-corrected chi connectivity index (χ3v) is 4.32. The smallest absolute Gasteiger partial charge is 0.270 e.